The molecule has 2 aromatic heterocycles. The standard InChI is InChI=1S/C13H23N7/c1-4-5-6-7-20(9(2)3)12-10-8-15-19-11(10)16-13(17-12)18-14/h8-9H,4-7,14H2,1-3H3,(H2,15,16,17,18,19). The predicted octanol–water partition coefficient (Wildman–Crippen LogP) is 2.04. The van der Waals surface area contributed by atoms with E-state index in [2.05, 4.69) is 51.3 Å². The van der Waals surface area contributed by atoms with Crippen LogP contribution in [0, 0.1) is 0 Å². The van der Waals surface area contributed by atoms with E-state index in [9.17, 15) is 0 Å². The maximum atomic E-state index is 5.45. The molecular formula is C13H23N7. The van der Waals surface area contributed by atoms with Crippen molar-refractivity contribution in [1.82, 2.24) is 20.2 Å². The van der Waals surface area contributed by atoms with Gasteiger partial charge in [-0.1, -0.05) is 19.8 Å². The highest BCUT2D eigenvalue weighted by Crippen LogP contribution is 2.25. The van der Waals surface area contributed by atoms with Crippen molar-refractivity contribution in [3.8, 4) is 0 Å². The number of anilines is 2. The lowest BCUT2D eigenvalue weighted by atomic mass is 10.2. The summed E-state index contributed by atoms with van der Waals surface area (Å²) in [6.45, 7) is 7.49. The highest BCUT2D eigenvalue weighted by atomic mass is 15.3. The second-order valence-corrected chi connectivity index (χ2v) is 5.14. The molecule has 4 N–H and O–H groups in total. The Hall–Kier alpha value is -1.89. The molecule has 0 amide bonds. The van der Waals surface area contributed by atoms with E-state index in [0.29, 0.717) is 17.6 Å². The van der Waals surface area contributed by atoms with E-state index in [1.165, 1.54) is 12.8 Å². The molecule has 7 nitrogen and oxygen atoms in total. The number of hydrogen-bond donors (Lipinski definition) is 3. The van der Waals surface area contributed by atoms with Gasteiger partial charge in [-0.15, -0.1) is 0 Å². The van der Waals surface area contributed by atoms with Crippen LogP contribution >= 0.6 is 0 Å². The molecule has 0 aliphatic heterocycles. The lowest BCUT2D eigenvalue weighted by Gasteiger charge is -2.28. The minimum absolute atomic E-state index is 0.352. The number of nitrogens with zero attached hydrogens (tertiary/aromatic N) is 4. The van der Waals surface area contributed by atoms with Gasteiger partial charge < -0.3 is 4.90 Å². The fourth-order valence-corrected chi connectivity index (χ4v) is 2.24. The summed E-state index contributed by atoms with van der Waals surface area (Å²) in [4.78, 5) is 11.0. The molecule has 0 spiro atoms. The third-order valence-electron chi connectivity index (χ3n) is 3.32. The summed E-state index contributed by atoms with van der Waals surface area (Å²) < 4.78 is 0. The minimum Gasteiger partial charge on any atom is -0.353 e. The maximum Gasteiger partial charge on any atom is 0.241 e. The topological polar surface area (TPSA) is 95.8 Å². The molecule has 7 heteroatoms. The smallest absolute Gasteiger partial charge is 0.241 e. The van der Waals surface area contributed by atoms with Gasteiger partial charge in [-0.05, 0) is 20.3 Å². The first-order chi connectivity index (χ1) is 9.67. The van der Waals surface area contributed by atoms with Gasteiger partial charge >= 0.3 is 0 Å². The molecule has 0 aromatic carbocycles. The number of nitrogen functional groups attached to an aromatic ring is 1. The number of aromatic amines is 1. The van der Waals surface area contributed by atoms with Crippen LogP contribution in [0.15, 0.2) is 6.20 Å². The van der Waals surface area contributed by atoms with Crippen LogP contribution in [0.4, 0.5) is 11.8 Å². The fraction of sp³-hybridized carbons (Fsp3) is 0.615. The number of H-pyrrole nitrogens is 1. The highest BCUT2D eigenvalue weighted by molar-refractivity contribution is 5.87. The van der Waals surface area contributed by atoms with E-state index < -0.39 is 0 Å². The van der Waals surface area contributed by atoms with Crippen LogP contribution in [0.1, 0.15) is 40.0 Å². The van der Waals surface area contributed by atoms with E-state index in [-0.39, 0.29) is 0 Å². The van der Waals surface area contributed by atoms with Crippen LogP contribution in [0.3, 0.4) is 0 Å². The molecule has 0 radical (unpaired) electrons. The number of unbranched alkanes of at least 4 members (excludes halogenated alkanes) is 2. The van der Waals surface area contributed by atoms with Gasteiger partial charge in [-0.2, -0.15) is 15.1 Å². The number of rotatable bonds is 7. The van der Waals surface area contributed by atoms with Gasteiger partial charge in [0, 0.05) is 12.6 Å². The van der Waals surface area contributed by atoms with Crippen molar-refractivity contribution < 1.29 is 0 Å². The molecule has 2 heterocycles. The number of nitrogens with two attached hydrogens (primary N) is 1. The molecule has 2 aromatic rings. The first-order valence-electron chi connectivity index (χ1n) is 7.11. The minimum atomic E-state index is 0.352. The van der Waals surface area contributed by atoms with Gasteiger partial charge in [0.15, 0.2) is 5.65 Å². The van der Waals surface area contributed by atoms with Crippen molar-refractivity contribution in [2.45, 2.75) is 46.1 Å². The zero-order valence-electron chi connectivity index (χ0n) is 12.3. The Kier molecular flexibility index (Phi) is 4.73. The average molecular weight is 277 g/mol. The number of hydrazine groups is 1. The normalized spacial score (nSPS) is 11.2. The van der Waals surface area contributed by atoms with Gasteiger partial charge in [0.2, 0.25) is 5.95 Å². The predicted molar refractivity (Wildman–Crippen MR) is 81.5 cm³/mol. The molecule has 0 aliphatic carbocycles. The Labute approximate surface area is 118 Å². The molecule has 110 valence electrons. The van der Waals surface area contributed by atoms with Crippen LogP contribution in [0.25, 0.3) is 11.0 Å². The molecule has 20 heavy (non-hydrogen) atoms. The number of fused-ring (bicyclic) bond motifs is 1. The second-order valence-electron chi connectivity index (χ2n) is 5.14. The summed E-state index contributed by atoms with van der Waals surface area (Å²) >= 11 is 0. The second kappa shape index (κ2) is 6.51. The molecule has 0 saturated carbocycles. The van der Waals surface area contributed by atoms with Gasteiger partial charge in [-0.25, -0.2) is 5.84 Å². The molecule has 0 aliphatic rings. The summed E-state index contributed by atoms with van der Waals surface area (Å²) in [5.74, 6) is 6.73. The van der Waals surface area contributed by atoms with E-state index in [1.807, 2.05) is 0 Å². The molecular weight excluding hydrogens is 254 g/mol. The van der Waals surface area contributed by atoms with Crippen molar-refractivity contribution in [3.05, 3.63) is 6.20 Å². The third-order valence-corrected chi connectivity index (χ3v) is 3.32. The van der Waals surface area contributed by atoms with Crippen molar-refractivity contribution in [3.63, 3.8) is 0 Å². The SMILES string of the molecule is CCCCCN(c1nc(NN)nc2[nH]ncc12)C(C)C. The monoisotopic (exact) mass is 277 g/mol. The Morgan fingerprint density at radius 1 is 1.35 bits per heavy atom. The van der Waals surface area contributed by atoms with Crippen molar-refractivity contribution in [2.24, 2.45) is 5.84 Å². The van der Waals surface area contributed by atoms with Crippen molar-refractivity contribution >= 4 is 22.8 Å². The van der Waals surface area contributed by atoms with E-state index >= 15 is 0 Å². The van der Waals surface area contributed by atoms with E-state index in [1.54, 1.807) is 6.20 Å². The highest BCUT2D eigenvalue weighted by Gasteiger charge is 2.17. The van der Waals surface area contributed by atoms with Gasteiger partial charge in [0.05, 0.1) is 11.6 Å². The largest absolute Gasteiger partial charge is 0.353 e. The first-order valence-corrected chi connectivity index (χ1v) is 7.11. The number of aromatic nitrogens is 4. The van der Waals surface area contributed by atoms with E-state index in [4.69, 9.17) is 5.84 Å². The molecule has 0 saturated heterocycles. The summed E-state index contributed by atoms with van der Waals surface area (Å²) in [6, 6.07) is 0.352. The molecule has 0 atom stereocenters. The van der Waals surface area contributed by atoms with Crippen LogP contribution in [-0.2, 0) is 0 Å². The Morgan fingerprint density at radius 2 is 2.15 bits per heavy atom. The lowest BCUT2D eigenvalue weighted by molar-refractivity contribution is 0.621. The first kappa shape index (κ1) is 14.5. The third kappa shape index (κ3) is 2.98. The summed E-state index contributed by atoms with van der Waals surface area (Å²) in [5.41, 5.74) is 3.21. The summed E-state index contributed by atoms with van der Waals surface area (Å²) in [6.07, 6.45) is 5.32. The van der Waals surface area contributed by atoms with Gasteiger partial charge in [0.1, 0.15) is 5.82 Å². The quantitative estimate of drug-likeness (QED) is 0.407. The molecule has 0 bridgehead atoms. The fourth-order valence-electron chi connectivity index (χ4n) is 2.24. The van der Waals surface area contributed by atoms with Crippen LogP contribution < -0.4 is 16.2 Å². The van der Waals surface area contributed by atoms with Gasteiger partial charge in [-0.3, -0.25) is 10.5 Å². The lowest BCUT2D eigenvalue weighted by Crippen LogP contribution is -2.33. The zero-order chi connectivity index (χ0) is 14.5. The molecule has 2 rings (SSSR count). The average Bonchev–Trinajstić information content (AvgIpc) is 2.90. The van der Waals surface area contributed by atoms with E-state index in [0.717, 1.165) is 24.2 Å². The maximum absolute atomic E-state index is 5.45. The summed E-state index contributed by atoms with van der Waals surface area (Å²) in [7, 11) is 0. The van der Waals surface area contributed by atoms with Crippen LogP contribution in [0.5, 0.6) is 0 Å². The Bertz CT molecular complexity index is 549. The molecule has 0 fully saturated rings. The summed E-state index contributed by atoms with van der Waals surface area (Å²) in [5, 5.41) is 7.85. The van der Waals surface area contributed by atoms with Crippen LogP contribution in [0.2, 0.25) is 0 Å². The van der Waals surface area contributed by atoms with Crippen molar-refractivity contribution in [2.75, 3.05) is 16.9 Å². The van der Waals surface area contributed by atoms with Gasteiger partial charge in [0.25, 0.3) is 0 Å². The Morgan fingerprint density at radius 3 is 2.80 bits per heavy atom. The van der Waals surface area contributed by atoms with Crippen LogP contribution in [-0.4, -0.2) is 32.8 Å². The molecule has 0 unspecified atom stereocenters. The number of nitrogens with one attached hydrogen (secondary N) is 2. The van der Waals surface area contributed by atoms with Crippen molar-refractivity contribution in [1.29, 1.82) is 0 Å². The Balaban J connectivity index is 2.38. The number of hydrogen-bond acceptors (Lipinski definition) is 6. The zero-order valence-corrected chi connectivity index (χ0v) is 12.3.